The summed E-state index contributed by atoms with van der Waals surface area (Å²) >= 11 is 5.99. The lowest BCUT2D eigenvalue weighted by molar-refractivity contribution is -0.00212. The Hall–Kier alpha value is -0.680. The number of rotatable bonds is 4. The Morgan fingerprint density at radius 3 is 2.70 bits per heavy atom. The van der Waals surface area contributed by atoms with Crippen LogP contribution in [0, 0.1) is 5.82 Å². The van der Waals surface area contributed by atoms with Crippen LogP contribution >= 0.6 is 11.6 Å². The Bertz CT molecular complexity index is 474. The van der Waals surface area contributed by atoms with Crippen LogP contribution in [-0.4, -0.2) is 61.7 Å². The molecular formula is C15H21ClFN3. The molecule has 0 aliphatic carbocycles. The molecule has 20 heavy (non-hydrogen) atoms. The van der Waals surface area contributed by atoms with Gasteiger partial charge in [-0.1, -0.05) is 11.6 Å². The molecule has 3 heterocycles. The van der Waals surface area contributed by atoms with Crippen LogP contribution in [0.3, 0.4) is 0 Å². The Kier molecular flexibility index (Phi) is 4.26. The van der Waals surface area contributed by atoms with Gasteiger partial charge >= 0.3 is 0 Å². The summed E-state index contributed by atoms with van der Waals surface area (Å²) < 4.78 is 13.9. The zero-order valence-electron chi connectivity index (χ0n) is 11.8. The lowest BCUT2D eigenvalue weighted by Crippen LogP contribution is -2.66. The van der Waals surface area contributed by atoms with Gasteiger partial charge in [0.05, 0.1) is 0 Å². The average molecular weight is 298 g/mol. The van der Waals surface area contributed by atoms with E-state index < -0.39 is 0 Å². The first-order valence-electron chi connectivity index (χ1n) is 7.25. The normalized spacial score (nSPS) is 30.4. The molecule has 0 saturated carbocycles. The fourth-order valence-corrected chi connectivity index (χ4v) is 3.60. The second-order valence-corrected chi connectivity index (χ2v) is 6.18. The molecule has 2 bridgehead atoms. The lowest BCUT2D eigenvalue weighted by Gasteiger charge is -2.50. The van der Waals surface area contributed by atoms with E-state index in [1.807, 2.05) is 7.05 Å². The molecular weight excluding hydrogens is 277 g/mol. The van der Waals surface area contributed by atoms with Crippen LogP contribution in [-0.2, 0) is 6.42 Å². The van der Waals surface area contributed by atoms with Crippen molar-refractivity contribution >= 4 is 11.6 Å². The molecule has 3 aliphatic rings. The number of fused-ring (bicyclic) bond motifs is 3. The minimum atomic E-state index is -0.161. The fraction of sp³-hybridized carbons (Fsp3) is 0.600. The third-order valence-electron chi connectivity index (χ3n) is 4.60. The van der Waals surface area contributed by atoms with Crippen molar-refractivity contribution in [1.82, 2.24) is 15.1 Å². The summed E-state index contributed by atoms with van der Waals surface area (Å²) in [5.74, 6) is -0.161. The molecule has 3 nitrogen and oxygen atoms in total. The van der Waals surface area contributed by atoms with E-state index in [0.29, 0.717) is 23.0 Å². The molecule has 4 rings (SSSR count). The molecule has 0 aromatic heterocycles. The van der Waals surface area contributed by atoms with Gasteiger partial charge in [-0.2, -0.15) is 0 Å². The summed E-state index contributed by atoms with van der Waals surface area (Å²) in [7, 11) is 1.96. The highest BCUT2D eigenvalue weighted by atomic mass is 35.5. The highest BCUT2D eigenvalue weighted by Gasteiger charge is 2.36. The molecule has 1 N–H and O–H groups in total. The molecule has 3 fully saturated rings. The number of hydrogen-bond acceptors (Lipinski definition) is 3. The summed E-state index contributed by atoms with van der Waals surface area (Å²) in [6.45, 7) is 5.66. The number of nitrogens with zero attached hydrogens (tertiary/aromatic N) is 2. The van der Waals surface area contributed by atoms with Gasteiger partial charge in [-0.05, 0) is 37.2 Å². The molecule has 0 spiro atoms. The molecule has 3 aliphatic heterocycles. The van der Waals surface area contributed by atoms with Gasteiger partial charge in [-0.15, -0.1) is 0 Å². The van der Waals surface area contributed by atoms with Gasteiger partial charge in [-0.3, -0.25) is 9.80 Å². The van der Waals surface area contributed by atoms with Crippen molar-refractivity contribution < 1.29 is 4.39 Å². The predicted octanol–water partition coefficient (Wildman–Crippen LogP) is 1.61. The van der Waals surface area contributed by atoms with E-state index in [-0.39, 0.29) is 11.9 Å². The smallest absolute Gasteiger partial charge is 0.126 e. The fourth-order valence-electron chi connectivity index (χ4n) is 3.41. The monoisotopic (exact) mass is 297 g/mol. The second kappa shape index (κ2) is 5.98. The maximum atomic E-state index is 13.9. The number of piperazine rings is 3. The van der Waals surface area contributed by atoms with Crippen molar-refractivity contribution in [2.24, 2.45) is 0 Å². The molecule has 5 heteroatoms. The number of nitrogens with one attached hydrogen (secondary N) is 1. The highest BCUT2D eigenvalue weighted by Crippen LogP contribution is 2.22. The third-order valence-corrected chi connectivity index (χ3v) is 4.84. The second-order valence-electron chi connectivity index (χ2n) is 5.74. The highest BCUT2D eigenvalue weighted by molar-refractivity contribution is 6.30. The standard InChI is InChI=1S/C15H21ClFN3/c1-18-14(9-11-8-12(16)2-3-13(11)17)15-10-19-4-6-20(15)7-5-19/h2-3,8,14-15,18H,4-7,9-10H2,1H3. The Morgan fingerprint density at radius 2 is 2.10 bits per heavy atom. The number of likely N-dealkylation sites (N-methyl/N-ethyl adjacent to an activating group) is 1. The minimum absolute atomic E-state index is 0.161. The van der Waals surface area contributed by atoms with Gasteiger partial charge in [0.1, 0.15) is 5.82 Å². The number of halogens is 2. The average Bonchev–Trinajstić information content (AvgIpc) is 2.49. The van der Waals surface area contributed by atoms with E-state index in [1.165, 1.54) is 19.2 Å². The van der Waals surface area contributed by atoms with E-state index in [9.17, 15) is 4.39 Å². The van der Waals surface area contributed by atoms with Crippen molar-refractivity contribution in [2.45, 2.75) is 18.5 Å². The van der Waals surface area contributed by atoms with Crippen LogP contribution in [0.15, 0.2) is 18.2 Å². The largest absolute Gasteiger partial charge is 0.315 e. The van der Waals surface area contributed by atoms with E-state index in [4.69, 9.17) is 11.6 Å². The third kappa shape index (κ3) is 2.84. The first kappa shape index (κ1) is 14.3. The molecule has 2 unspecified atom stereocenters. The molecule has 0 radical (unpaired) electrons. The van der Waals surface area contributed by atoms with Crippen LogP contribution < -0.4 is 5.32 Å². The number of hydrogen-bond donors (Lipinski definition) is 1. The predicted molar refractivity (Wildman–Crippen MR) is 79.8 cm³/mol. The SMILES string of the molecule is CNC(Cc1cc(Cl)ccc1F)C1CN2CCN1CC2. The maximum absolute atomic E-state index is 13.9. The van der Waals surface area contributed by atoms with Crippen LogP contribution in [0.25, 0.3) is 0 Å². The van der Waals surface area contributed by atoms with Crippen molar-refractivity contribution in [2.75, 3.05) is 39.8 Å². The summed E-state index contributed by atoms with van der Waals surface area (Å²) in [6.07, 6.45) is 0.678. The summed E-state index contributed by atoms with van der Waals surface area (Å²) in [4.78, 5) is 5.03. The Morgan fingerprint density at radius 1 is 1.35 bits per heavy atom. The lowest BCUT2D eigenvalue weighted by atomic mass is 9.94. The van der Waals surface area contributed by atoms with Gasteiger partial charge in [0.15, 0.2) is 0 Å². The van der Waals surface area contributed by atoms with Gasteiger partial charge in [0.2, 0.25) is 0 Å². The molecule has 2 atom stereocenters. The zero-order valence-corrected chi connectivity index (χ0v) is 12.5. The topological polar surface area (TPSA) is 18.5 Å². The van der Waals surface area contributed by atoms with Gasteiger partial charge in [0, 0.05) is 49.8 Å². The maximum Gasteiger partial charge on any atom is 0.126 e. The van der Waals surface area contributed by atoms with E-state index in [0.717, 1.165) is 19.6 Å². The minimum Gasteiger partial charge on any atom is -0.315 e. The number of benzene rings is 1. The van der Waals surface area contributed by atoms with Gasteiger partial charge in [0.25, 0.3) is 0 Å². The van der Waals surface area contributed by atoms with Crippen LogP contribution in [0.2, 0.25) is 5.02 Å². The molecule has 110 valence electrons. The van der Waals surface area contributed by atoms with Crippen molar-refractivity contribution in [3.8, 4) is 0 Å². The van der Waals surface area contributed by atoms with Crippen molar-refractivity contribution in [1.29, 1.82) is 0 Å². The van der Waals surface area contributed by atoms with Gasteiger partial charge in [-0.25, -0.2) is 4.39 Å². The van der Waals surface area contributed by atoms with Gasteiger partial charge < -0.3 is 5.32 Å². The molecule has 0 amide bonds. The van der Waals surface area contributed by atoms with Crippen LogP contribution in [0.4, 0.5) is 4.39 Å². The first-order chi connectivity index (χ1) is 9.67. The van der Waals surface area contributed by atoms with Crippen molar-refractivity contribution in [3.05, 3.63) is 34.6 Å². The van der Waals surface area contributed by atoms with E-state index in [2.05, 4.69) is 15.1 Å². The summed E-state index contributed by atoms with van der Waals surface area (Å²) in [6, 6.07) is 5.53. The summed E-state index contributed by atoms with van der Waals surface area (Å²) in [5, 5.41) is 3.98. The van der Waals surface area contributed by atoms with Crippen LogP contribution in [0.5, 0.6) is 0 Å². The molecule has 1 aromatic carbocycles. The Balaban J connectivity index is 1.75. The molecule has 3 saturated heterocycles. The van der Waals surface area contributed by atoms with E-state index >= 15 is 0 Å². The van der Waals surface area contributed by atoms with Crippen LogP contribution in [0.1, 0.15) is 5.56 Å². The Labute approximate surface area is 124 Å². The summed E-state index contributed by atoms with van der Waals surface area (Å²) in [5.41, 5.74) is 0.703. The zero-order chi connectivity index (χ0) is 14.1. The quantitative estimate of drug-likeness (QED) is 0.911. The van der Waals surface area contributed by atoms with Crippen molar-refractivity contribution in [3.63, 3.8) is 0 Å². The first-order valence-corrected chi connectivity index (χ1v) is 7.63. The molecule has 1 aromatic rings. The van der Waals surface area contributed by atoms with E-state index in [1.54, 1.807) is 12.1 Å².